The first-order valence-electron chi connectivity index (χ1n) is 7.43. The summed E-state index contributed by atoms with van der Waals surface area (Å²) >= 11 is 0. The minimum Gasteiger partial charge on any atom is -0.354 e. The Morgan fingerprint density at radius 2 is 2.11 bits per heavy atom. The molecular formula is C15H28N2O. The van der Waals surface area contributed by atoms with Crippen molar-refractivity contribution in [3.05, 3.63) is 0 Å². The fourth-order valence-corrected chi connectivity index (χ4v) is 3.10. The summed E-state index contributed by atoms with van der Waals surface area (Å²) in [5, 5.41) is 6.57. The zero-order valence-corrected chi connectivity index (χ0v) is 12.3. The molecule has 0 aromatic heterocycles. The van der Waals surface area contributed by atoms with Gasteiger partial charge in [0.05, 0.1) is 6.04 Å². The molecule has 0 aromatic carbocycles. The molecule has 1 aliphatic heterocycles. The minimum absolute atomic E-state index is 0.0699. The van der Waals surface area contributed by atoms with Gasteiger partial charge in [-0.05, 0) is 42.6 Å². The van der Waals surface area contributed by atoms with Crippen LogP contribution in [0, 0.1) is 23.2 Å². The Hall–Kier alpha value is -0.570. The first kappa shape index (κ1) is 13.9. The molecule has 2 N–H and O–H groups in total. The number of nitrogens with one attached hydrogen (secondary N) is 2. The van der Waals surface area contributed by atoms with Gasteiger partial charge >= 0.3 is 0 Å². The molecule has 3 nitrogen and oxygen atoms in total. The van der Waals surface area contributed by atoms with Crippen LogP contribution in [0.5, 0.6) is 0 Å². The Morgan fingerprint density at radius 3 is 2.78 bits per heavy atom. The van der Waals surface area contributed by atoms with Gasteiger partial charge in [-0.3, -0.25) is 4.79 Å². The summed E-state index contributed by atoms with van der Waals surface area (Å²) in [6, 6.07) is 0.0699. The third-order valence-electron chi connectivity index (χ3n) is 5.31. The van der Waals surface area contributed by atoms with Gasteiger partial charge in [0, 0.05) is 6.54 Å². The van der Waals surface area contributed by atoms with Crippen LogP contribution in [-0.4, -0.2) is 25.0 Å². The standard InChI is InChI=1S/C15H28N2O/c1-10(2)15(3,4)9-17-14(18)13-12-7-5-6-11(12)8-16-13/h10-13,16H,5-9H2,1-4H3,(H,17,18). The number of carbonyl (C=O) groups is 1. The number of hydrogen-bond donors (Lipinski definition) is 2. The van der Waals surface area contributed by atoms with Gasteiger partial charge in [0.15, 0.2) is 0 Å². The van der Waals surface area contributed by atoms with Crippen LogP contribution in [0.4, 0.5) is 0 Å². The van der Waals surface area contributed by atoms with Crippen molar-refractivity contribution in [1.29, 1.82) is 0 Å². The van der Waals surface area contributed by atoms with E-state index in [0.29, 0.717) is 11.8 Å². The highest BCUT2D eigenvalue weighted by molar-refractivity contribution is 5.82. The highest BCUT2D eigenvalue weighted by atomic mass is 16.2. The van der Waals surface area contributed by atoms with Crippen molar-refractivity contribution in [3.63, 3.8) is 0 Å². The molecule has 1 saturated heterocycles. The zero-order chi connectivity index (χ0) is 13.3. The molecule has 0 radical (unpaired) electrons. The summed E-state index contributed by atoms with van der Waals surface area (Å²) in [6.45, 7) is 10.7. The van der Waals surface area contributed by atoms with Crippen LogP contribution in [0.25, 0.3) is 0 Å². The molecule has 1 heterocycles. The van der Waals surface area contributed by atoms with E-state index < -0.39 is 0 Å². The van der Waals surface area contributed by atoms with Gasteiger partial charge in [0.25, 0.3) is 0 Å². The van der Waals surface area contributed by atoms with Crippen LogP contribution in [0.1, 0.15) is 47.0 Å². The smallest absolute Gasteiger partial charge is 0.237 e. The maximum atomic E-state index is 12.3. The lowest BCUT2D eigenvalue weighted by atomic mass is 9.81. The summed E-state index contributed by atoms with van der Waals surface area (Å²) in [6.07, 6.45) is 3.83. The molecule has 2 aliphatic rings. The predicted molar refractivity (Wildman–Crippen MR) is 74.3 cm³/mol. The van der Waals surface area contributed by atoms with E-state index in [2.05, 4.69) is 38.3 Å². The second kappa shape index (κ2) is 5.20. The molecule has 18 heavy (non-hydrogen) atoms. The molecule has 3 heteroatoms. The monoisotopic (exact) mass is 252 g/mol. The summed E-state index contributed by atoms with van der Waals surface area (Å²) < 4.78 is 0. The number of hydrogen-bond acceptors (Lipinski definition) is 2. The lowest BCUT2D eigenvalue weighted by Crippen LogP contribution is -2.47. The summed E-state index contributed by atoms with van der Waals surface area (Å²) in [5.74, 6) is 2.14. The van der Waals surface area contributed by atoms with Crippen LogP contribution in [0.15, 0.2) is 0 Å². The van der Waals surface area contributed by atoms with E-state index in [9.17, 15) is 4.79 Å². The third kappa shape index (κ3) is 2.71. The molecule has 1 saturated carbocycles. The van der Waals surface area contributed by atoms with Gasteiger partial charge in [-0.25, -0.2) is 0 Å². The Bertz CT molecular complexity index is 312. The predicted octanol–water partition coefficient (Wildman–Crippen LogP) is 2.17. The summed E-state index contributed by atoms with van der Waals surface area (Å²) in [4.78, 5) is 12.3. The average Bonchev–Trinajstić information content (AvgIpc) is 2.87. The largest absolute Gasteiger partial charge is 0.354 e. The highest BCUT2D eigenvalue weighted by Crippen LogP contribution is 2.37. The van der Waals surface area contributed by atoms with Crippen LogP contribution >= 0.6 is 0 Å². The van der Waals surface area contributed by atoms with Crippen molar-refractivity contribution in [2.75, 3.05) is 13.1 Å². The minimum atomic E-state index is 0.0699. The molecule has 104 valence electrons. The van der Waals surface area contributed by atoms with Crippen molar-refractivity contribution in [3.8, 4) is 0 Å². The van der Waals surface area contributed by atoms with Gasteiger partial charge in [0.2, 0.25) is 5.91 Å². The zero-order valence-electron chi connectivity index (χ0n) is 12.3. The van der Waals surface area contributed by atoms with Crippen LogP contribution in [-0.2, 0) is 4.79 Å². The number of rotatable bonds is 4. The second-order valence-corrected chi connectivity index (χ2v) is 7.10. The summed E-state index contributed by atoms with van der Waals surface area (Å²) in [7, 11) is 0. The van der Waals surface area contributed by atoms with Crippen LogP contribution < -0.4 is 10.6 Å². The quantitative estimate of drug-likeness (QED) is 0.805. The number of carbonyl (C=O) groups excluding carboxylic acids is 1. The Labute approximate surface area is 111 Å². The lowest BCUT2D eigenvalue weighted by Gasteiger charge is -2.30. The molecule has 2 fully saturated rings. The fourth-order valence-electron chi connectivity index (χ4n) is 3.10. The highest BCUT2D eigenvalue weighted by Gasteiger charge is 2.42. The number of amides is 1. The van der Waals surface area contributed by atoms with Gasteiger partial charge < -0.3 is 10.6 Å². The molecule has 0 spiro atoms. The van der Waals surface area contributed by atoms with Gasteiger partial charge in [-0.2, -0.15) is 0 Å². The van der Waals surface area contributed by atoms with Crippen molar-refractivity contribution in [2.24, 2.45) is 23.2 Å². The molecule has 3 unspecified atom stereocenters. The topological polar surface area (TPSA) is 41.1 Å². The van der Waals surface area contributed by atoms with E-state index in [4.69, 9.17) is 0 Å². The molecule has 1 aliphatic carbocycles. The van der Waals surface area contributed by atoms with Crippen LogP contribution in [0.3, 0.4) is 0 Å². The van der Waals surface area contributed by atoms with E-state index in [0.717, 1.165) is 19.0 Å². The van der Waals surface area contributed by atoms with E-state index in [1.54, 1.807) is 0 Å². The Balaban J connectivity index is 1.85. The molecule has 1 amide bonds. The van der Waals surface area contributed by atoms with Crippen LogP contribution in [0.2, 0.25) is 0 Å². The average molecular weight is 252 g/mol. The second-order valence-electron chi connectivity index (χ2n) is 7.10. The van der Waals surface area contributed by atoms with E-state index >= 15 is 0 Å². The SMILES string of the molecule is CC(C)C(C)(C)CNC(=O)C1NCC2CCCC21. The molecular weight excluding hydrogens is 224 g/mol. The lowest BCUT2D eigenvalue weighted by molar-refractivity contribution is -0.124. The Kier molecular flexibility index (Phi) is 4.00. The first-order valence-corrected chi connectivity index (χ1v) is 7.43. The molecule has 2 rings (SSSR count). The van der Waals surface area contributed by atoms with E-state index in [1.807, 2.05) is 0 Å². The normalized spacial score (nSPS) is 31.7. The van der Waals surface area contributed by atoms with Gasteiger partial charge in [-0.15, -0.1) is 0 Å². The van der Waals surface area contributed by atoms with Crippen molar-refractivity contribution in [2.45, 2.75) is 53.0 Å². The molecule has 0 bridgehead atoms. The third-order valence-corrected chi connectivity index (χ3v) is 5.31. The maximum absolute atomic E-state index is 12.3. The van der Waals surface area contributed by atoms with Crippen molar-refractivity contribution in [1.82, 2.24) is 10.6 Å². The molecule has 3 atom stereocenters. The van der Waals surface area contributed by atoms with Crippen molar-refractivity contribution < 1.29 is 4.79 Å². The number of fused-ring (bicyclic) bond motifs is 1. The van der Waals surface area contributed by atoms with Crippen molar-refractivity contribution >= 4 is 5.91 Å². The first-order chi connectivity index (χ1) is 8.42. The van der Waals surface area contributed by atoms with Gasteiger partial charge in [-0.1, -0.05) is 34.1 Å². The van der Waals surface area contributed by atoms with Gasteiger partial charge in [0.1, 0.15) is 0 Å². The molecule has 0 aromatic rings. The van der Waals surface area contributed by atoms with E-state index in [1.165, 1.54) is 19.3 Å². The summed E-state index contributed by atoms with van der Waals surface area (Å²) in [5.41, 5.74) is 0.170. The fraction of sp³-hybridized carbons (Fsp3) is 0.933. The maximum Gasteiger partial charge on any atom is 0.237 e. The van der Waals surface area contributed by atoms with E-state index in [-0.39, 0.29) is 17.4 Å². The Morgan fingerprint density at radius 1 is 1.39 bits per heavy atom.